The molecule has 0 radical (unpaired) electrons. The number of nitrogens with two attached hydrogens (primary N) is 1. The Hall–Kier alpha value is -0.0900. The molecule has 0 aliphatic carbocycles. The Morgan fingerprint density at radius 1 is 1.47 bits per heavy atom. The maximum absolute atomic E-state index is 5.99. The molecular weight excluding hydrogens is 252 g/mol. The molecule has 17 heavy (non-hydrogen) atoms. The van der Waals surface area contributed by atoms with E-state index >= 15 is 0 Å². The Balaban J connectivity index is 2.76. The molecule has 98 valence electrons. The molecule has 2 N–H and O–H groups in total. The topological polar surface area (TPSA) is 29.3 Å². The maximum Gasteiger partial charge on any atom is 0.0564 e. The lowest BCUT2D eigenvalue weighted by atomic mass is 10.1. The lowest BCUT2D eigenvalue weighted by molar-refractivity contribution is 0.185. The maximum atomic E-state index is 5.99. The van der Waals surface area contributed by atoms with E-state index in [4.69, 9.17) is 17.3 Å². The minimum absolute atomic E-state index is 0.312. The first-order chi connectivity index (χ1) is 8.12. The molecule has 0 fully saturated rings. The summed E-state index contributed by atoms with van der Waals surface area (Å²) in [4.78, 5) is 3.73. The smallest absolute Gasteiger partial charge is 0.0564 e. The summed E-state index contributed by atoms with van der Waals surface area (Å²) >= 11 is 7.70. The highest BCUT2D eigenvalue weighted by Crippen LogP contribution is 2.29. The van der Waals surface area contributed by atoms with Crippen LogP contribution < -0.4 is 5.73 Å². The monoisotopic (exact) mass is 274 g/mol. The number of hydrogen-bond donors (Lipinski definition) is 1. The third kappa shape index (κ3) is 4.25. The first-order valence-electron chi connectivity index (χ1n) is 6.30. The van der Waals surface area contributed by atoms with E-state index in [9.17, 15) is 0 Å². The van der Waals surface area contributed by atoms with Crippen molar-refractivity contribution in [3.63, 3.8) is 0 Å². The van der Waals surface area contributed by atoms with Gasteiger partial charge in [-0.2, -0.15) is 0 Å². The molecule has 0 aromatic carbocycles. The molecule has 0 bridgehead atoms. The summed E-state index contributed by atoms with van der Waals surface area (Å²) in [5, 5.41) is 2.81. The normalized spacial score (nSPS) is 15.2. The van der Waals surface area contributed by atoms with E-state index in [1.165, 1.54) is 11.3 Å². The molecule has 2 atom stereocenters. The first-order valence-corrected chi connectivity index (χ1v) is 7.56. The molecule has 0 aliphatic heterocycles. The van der Waals surface area contributed by atoms with Crippen molar-refractivity contribution in [2.75, 3.05) is 19.6 Å². The predicted molar refractivity (Wildman–Crippen MR) is 77.8 cm³/mol. The van der Waals surface area contributed by atoms with E-state index in [-0.39, 0.29) is 0 Å². The summed E-state index contributed by atoms with van der Waals surface area (Å²) in [5.74, 6) is 0.708. The van der Waals surface area contributed by atoms with Crippen LogP contribution in [0.2, 0.25) is 5.02 Å². The van der Waals surface area contributed by atoms with E-state index in [0.717, 1.165) is 18.1 Å². The first kappa shape index (κ1) is 15.0. The van der Waals surface area contributed by atoms with Gasteiger partial charge >= 0.3 is 0 Å². The fourth-order valence-electron chi connectivity index (χ4n) is 1.95. The van der Waals surface area contributed by atoms with Crippen molar-refractivity contribution in [2.45, 2.75) is 33.2 Å². The van der Waals surface area contributed by atoms with Crippen molar-refractivity contribution >= 4 is 22.9 Å². The van der Waals surface area contributed by atoms with E-state index < -0.39 is 0 Å². The molecule has 0 spiro atoms. The van der Waals surface area contributed by atoms with Crippen LogP contribution in [0.3, 0.4) is 0 Å². The van der Waals surface area contributed by atoms with Crippen LogP contribution in [-0.4, -0.2) is 24.5 Å². The number of thiophene rings is 1. The summed E-state index contributed by atoms with van der Waals surface area (Å²) in [6, 6.07) is 2.36. The van der Waals surface area contributed by atoms with Gasteiger partial charge in [-0.05, 0) is 18.5 Å². The van der Waals surface area contributed by atoms with Crippen molar-refractivity contribution in [3.8, 4) is 0 Å². The fourth-order valence-corrected chi connectivity index (χ4v) is 3.18. The lowest BCUT2D eigenvalue weighted by Gasteiger charge is -2.31. The van der Waals surface area contributed by atoms with E-state index in [1.807, 2.05) is 11.4 Å². The van der Waals surface area contributed by atoms with Gasteiger partial charge in [-0.1, -0.05) is 38.8 Å². The Morgan fingerprint density at radius 2 is 2.18 bits per heavy atom. The quantitative estimate of drug-likeness (QED) is 0.820. The van der Waals surface area contributed by atoms with E-state index in [2.05, 4.69) is 25.7 Å². The SMILES string of the molecule is CCC(C)CN(CC)C(CN)c1cc(Cl)cs1. The molecule has 2 unspecified atom stereocenters. The number of hydrogen-bond acceptors (Lipinski definition) is 3. The van der Waals surface area contributed by atoms with Gasteiger partial charge in [0, 0.05) is 23.3 Å². The summed E-state index contributed by atoms with van der Waals surface area (Å²) in [6.07, 6.45) is 1.21. The second-order valence-corrected chi connectivity index (χ2v) is 5.90. The van der Waals surface area contributed by atoms with Gasteiger partial charge in [0.15, 0.2) is 0 Å². The predicted octanol–water partition coefficient (Wildman–Crippen LogP) is 3.77. The van der Waals surface area contributed by atoms with Crippen LogP contribution >= 0.6 is 22.9 Å². The Kier molecular flexibility index (Phi) is 6.49. The number of likely N-dealkylation sites (N-methyl/N-ethyl adjacent to an activating group) is 1. The van der Waals surface area contributed by atoms with Crippen molar-refractivity contribution in [1.29, 1.82) is 0 Å². The van der Waals surface area contributed by atoms with Crippen molar-refractivity contribution in [3.05, 3.63) is 21.3 Å². The number of rotatable bonds is 7. The summed E-state index contributed by atoms with van der Waals surface area (Å²) < 4.78 is 0. The Bertz CT molecular complexity index is 327. The van der Waals surface area contributed by atoms with Gasteiger partial charge in [0.2, 0.25) is 0 Å². The van der Waals surface area contributed by atoms with Crippen LogP contribution in [0.1, 0.15) is 38.1 Å². The minimum atomic E-state index is 0.312. The van der Waals surface area contributed by atoms with Gasteiger partial charge in [0.25, 0.3) is 0 Å². The number of halogens is 1. The van der Waals surface area contributed by atoms with Crippen LogP contribution in [-0.2, 0) is 0 Å². The molecule has 1 rings (SSSR count). The summed E-state index contributed by atoms with van der Waals surface area (Å²) in [5.41, 5.74) is 5.93. The fraction of sp³-hybridized carbons (Fsp3) is 0.692. The minimum Gasteiger partial charge on any atom is -0.329 e. The molecular formula is C13H23ClN2S. The van der Waals surface area contributed by atoms with Gasteiger partial charge in [-0.15, -0.1) is 11.3 Å². The highest BCUT2D eigenvalue weighted by atomic mass is 35.5. The van der Waals surface area contributed by atoms with Gasteiger partial charge in [-0.25, -0.2) is 0 Å². The largest absolute Gasteiger partial charge is 0.329 e. The third-order valence-electron chi connectivity index (χ3n) is 3.23. The highest BCUT2D eigenvalue weighted by molar-refractivity contribution is 7.10. The number of nitrogens with zero attached hydrogens (tertiary/aromatic N) is 1. The zero-order chi connectivity index (χ0) is 12.8. The van der Waals surface area contributed by atoms with Gasteiger partial charge in [-0.3, -0.25) is 4.90 Å². The van der Waals surface area contributed by atoms with Gasteiger partial charge in [0.05, 0.1) is 11.1 Å². The molecule has 0 saturated heterocycles. The summed E-state index contributed by atoms with van der Waals surface area (Å²) in [6.45, 7) is 9.50. The van der Waals surface area contributed by atoms with Crippen LogP contribution in [0.4, 0.5) is 0 Å². The second-order valence-electron chi connectivity index (χ2n) is 4.52. The molecule has 0 aliphatic rings. The van der Waals surface area contributed by atoms with Crippen LogP contribution in [0.25, 0.3) is 0 Å². The molecule has 1 heterocycles. The Labute approximate surface area is 114 Å². The van der Waals surface area contributed by atoms with Crippen LogP contribution in [0.5, 0.6) is 0 Å². The molecule has 1 aromatic rings. The zero-order valence-electron chi connectivity index (χ0n) is 10.9. The molecule has 1 aromatic heterocycles. The molecule has 0 amide bonds. The standard InChI is InChI=1S/C13H23ClN2S/c1-4-10(3)8-16(5-2)12(7-15)13-6-11(14)9-17-13/h6,9-10,12H,4-5,7-8,15H2,1-3H3. The molecule has 0 saturated carbocycles. The van der Waals surface area contributed by atoms with Crippen molar-refractivity contribution < 1.29 is 0 Å². The average Bonchev–Trinajstić information content (AvgIpc) is 2.75. The van der Waals surface area contributed by atoms with Crippen LogP contribution in [0.15, 0.2) is 11.4 Å². The average molecular weight is 275 g/mol. The summed E-state index contributed by atoms with van der Waals surface area (Å²) in [7, 11) is 0. The second kappa shape index (κ2) is 7.37. The van der Waals surface area contributed by atoms with Gasteiger partial charge < -0.3 is 5.73 Å². The van der Waals surface area contributed by atoms with Crippen LogP contribution in [0, 0.1) is 5.92 Å². The van der Waals surface area contributed by atoms with Gasteiger partial charge in [0.1, 0.15) is 0 Å². The third-order valence-corrected chi connectivity index (χ3v) is 4.61. The Morgan fingerprint density at radius 3 is 2.59 bits per heavy atom. The molecule has 2 nitrogen and oxygen atoms in total. The zero-order valence-corrected chi connectivity index (χ0v) is 12.5. The lowest BCUT2D eigenvalue weighted by Crippen LogP contribution is -2.36. The highest BCUT2D eigenvalue weighted by Gasteiger charge is 2.20. The van der Waals surface area contributed by atoms with E-state index in [0.29, 0.717) is 18.5 Å². The van der Waals surface area contributed by atoms with E-state index in [1.54, 1.807) is 11.3 Å². The molecule has 4 heteroatoms. The van der Waals surface area contributed by atoms with Crippen molar-refractivity contribution in [2.24, 2.45) is 11.7 Å². The van der Waals surface area contributed by atoms with Crippen molar-refractivity contribution in [1.82, 2.24) is 4.90 Å².